The molecule has 7 heteroatoms. The highest BCUT2D eigenvalue weighted by atomic mass is 32.1. The molecule has 30 heavy (non-hydrogen) atoms. The van der Waals surface area contributed by atoms with Gasteiger partial charge in [0, 0.05) is 41.5 Å². The highest BCUT2D eigenvalue weighted by molar-refractivity contribution is 7.10. The van der Waals surface area contributed by atoms with Gasteiger partial charge in [0.2, 0.25) is 0 Å². The maximum Gasteiger partial charge on any atom is 0.257 e. The van der Waals surface area contributed by atoms with Crippen molar-refractivity contribution in [2.24, 2.45) is 0 Å². The van der Waals surface area contributed by atoms with Gasteiger partial charge < -0.3 is 9.64 Å². The van der Waals surface area contributed by atoms with Gasteiger partial charge in [-0.05, 0) is 57.4 Å². The van der Waals surface area contributed by atoms with Crippen LogP contribution >= 0.6 is 11.3 Å². The molecule has 2 atom stereocenters. The molecule has 2 saturated heterocycles. The van der Waals surface area contributed by atoms with Crippen molar-refractivity contribution < 1.29 is 13.9 Å². The number of ether oxygens (including phenoxy) is 1. The Morgan fingerprint density at radius 3 is 2.83 bits per heavy atom. The number of nitrogens with zero attached hydrogens (tertiary/aromatic N) is 3. The predicted octanol–water partition coefficient (Wildman–Crippen LogP) is 4.43. The zero-order valence-corrected chi connectivity index (χ0v) is 18.0. The summed E-state index contributed by atoms with van der Waals surface area (Å²) < 4.78 is 20.4. The molecular formula is C23H26FN3O2S. The average Bonchev–Trinajstić information content (AvgIpc) is 3.48. The summed E-state index contributed by atoms with van der Waals surface area (Å²) in [5, 5.41) is 10.6. The van der Waals surface area contributed by atoms with Crippen molar-refractivity contribution in [3.05, 3.63) is 51.5 Å². The van der Waals surface area contributed by atoms with Crippen molar-refractivity contribution in [2.45, 2.75) is 51.3 Å². The molecule has 1 aromatic carbocycles. The standard InChI is InChI=1S/C23H26FN3O2S/c1-16-4-2-8-26(16)13-18-5-3-9-27(18)23(28)21-7-6-19(11-22(21)24)29-14-20-10-17(12-25)15-30-20/h6-7,10-11,15-16,18H,2-5,8-9,13-14H2,1H3. The molecule has 2 aromatic rings. The summed E-state index contributed by atoms with van der Waals surface area (Å²) in [5.74, 6) is -0.410. The van der Waals surface area contributed by atoms with Crippen LogP contribution in [0.1, 0.15) is 53.4 Å². The fourth-order valence-corrected chi connectivity index (χ4v) is 5.13. The first kappa shape index (κ1) is 20.8. The van der Waals surface area contributed by atoms with Gasteiger partial charge in [-0.25, -0.2) is 4.39 Å². The Hall–Kier alpha value is -2.43. The summed E-state index contributed by atoms with van der Waals surface area (Å²) in [5.41, 5.74) is 0.695. The number of hydrogen-bond acceptors (Lipinski definition) is 5. The van der Waals surface area contributed by atoms with Gasteiger partial charge in [0.25, 0.3) is 5.91 Å². The van der Waals surface area contributed by atoms with Gasteiger partial charge in [-0.2, -0.15) is 5.26 Å². The summed E-state index contributed by atoms with van der Waals surface area (Å²) >= 11 is 1.43. The highest BCUT2D eigenvalue weighted by Crippen LogP contribution is 2.27. The van der Waals surface area contributed by atoms with Gasteiger partial charge in [-0.3, -0.25) is 9.69 Å². The molecule has 3 heterocycles. The summed E-state index contributed by atoms with van der Waals surface area (Å²) in [4.78, 5) is 18.2. The number of thiophene rings is 1. The molecule has 2 aliphatic heterocycles. The Morgan fingerprint density at radius 2 is 2.13 bits per heavy atom. The van der Waals surface area contributed by atoms with E-state index in [2.05, 4.69) is 17.9 Å². The van der Waals surface area contributed by atoms with E-state index in [0.717, 1.165) is 30.8 Å². The first-order valence-electron chi connectivity index (χ1n) is 10.5. The third-order valence-corrected chi connectivity index (χ3v) is 7.02. The number of hydrogen-bond donors (Lipinski definition) is 0. The van der Waals surface area contributed by atoms with Gasteiger partial charge in [0.1, 0.15) is 24.2 Å². The van der Waals surface area contributed by atoms with Gasteiger partial charge in [-0.15, -0.1) is 11.3 Å². The van der Waals surface area contributed by atoms with Crippen LogP contribution in [-0.4, -0.2) is 47.4 Å². The Balaban J connectivity index is 1.40. The quantitative estimate of drug-likeness (QED) is 0.685. The van der Waals surface area contributed by atoms with Crippen molar-refractivity contribution in [1.82, 2.24) is 9.80 Å². The topological polar surface area (TPSA) is 56.6 Å². The molecule has 0 spiro atoms. The van der Waals surface area contributed by atoms with Crippen LogP contribution in [0.3, 0.4) is 0 Å². The van der Waals surface area contributed by atoms with Crippen molar-refractivity contribution in [2.75, 3.05) is 19.6 Å². The van der Waals surface area contributed by atoms with E-state index >= 15 is 0 Å². The van der Waals surface area contributed by atoms with Crippen LogP contribution in [-0.2, 0) is 6.61 Å². The zero-order chi connectivity index (χ0) is 21.1. The normalized spacial score (nSPS) is 21.7. The number of halogens is 1. The fourth-order valence-electron chi connectivity index (χ4n) is 4.41. The zero-order valence-electron chi connectivity index (χ0n) is 17.1. The second kappa shape index (κ2) is 9.15. The fraction of sp³-hybridized carbons (Fsp3) is 0.478. The average molecular weight is 428 g/mol. The van der Waals surface area contributed by atoms with Crippen LogP contribution in [0.2, 0.25) is 0 Å². The number of carbonyl (C=O) groups excluding carboxylic acids is 1. The monoisotopic (exact) mass is 427 g/mol. The van der Waals surface area contributed by atoms with E-state index in [1.807, 2.05) is 4.90 Å². The van der Waals surface area contributed by atoms with E-state index in [-0.39, 0.29) is 24.1 Å². The Kier molecular flexibility index (Phi) is 6.35. The SMILES string of the molecule is CC1CCCN1CC1CCCN1C(=O)c1ccc(OCc2cc(C#N)cs2)cc1F. The van der Waals surface area contributed by atoms with E-state index in [1.54, 1.807) is 17.5 Å². The summed E-state index contributed by atoms with van der Waals surface area (Å²) in [6.45, 7) is 5.15. The molecule has 1 amide bonds. The minimum Gasteiger partial charge on any atom is -0.488 e. The maximum atomic E-state index is 14.8. The van der Waals surface area contributed by atoms with Crippen molar-refractivity contribution in [3.63, 3.8) is 0 Å². The first-order chi connectivity index (χ1) is 14.5. The Labute approximate surface area is 180 Å². The molecule has 2 fully saturated rings. The minimum absolute atomic E-state index is 0.103. The number of likely N-dealkylation sites (tertiary alicyclic amines) is 2. The minimum atomic E-state index is -0.554. The molecule has 2 unspecified atom stereocenters. The summed E-state index contributed by atoms with van der Waals surface area (Å²) in [6, 6.07) is 8.99. The second-order valence-electron chi connectivity index (χ2n) is 8.12. The third kappa shape index (κ3) is 4.50. The van der Waals surface area contributed by atoms with E-state index in [9.17, 15) is 9.18 Å². The van der Waals surface area contributed by atoms with E-state index < -0.39 is 5.82 Å². The molecule has 5 nitrogen and oxygen atoms in total. The predicted molar refractivity (Wildman–Crippen MR) is 114 cm³/mol. The molecule has 4 rings (SSSR count). The number of carbonyl (C=O) groups is 1. The number of amides is 1. The smallest absolute Gasteiger partial charge is 0.257 e. The van der Waals surface area contributed by atoms with Crippen LogP contribution in [0.25, 0.3) is 0 Å². The van der Waals surface area contributed by atoms with Crippen molar-refractivity contribution in [1.29, 1.82) is 5.26 Å². The summed E-state index contributed by atoms with van der Waals surface area (Å²) in [6.07, 6.45) is 4.36. The molecule has 0 bridgehead atoms. The molecule has 158 valence electrons. The number of rotatable bonds is 6. The van der Waals surface area contributed by atoms with Crippen molar-refractivity contribution in [3.8, 4) is 11.8 Å². The molecule has 0 aliphatic carbocycles. The van der Waals surface area contributed by atoms with Crippen molar-refractivity contribution >= 4 is 17.2 Å². The maximum absolute atomic E-state index is 14.8. The van der Waals surface area contributed by atoms with Gasteiger partial charge >= 0.3 is 0 Å². The number of benzene rings is 1. The van der Waals surface area contributed by atoms with E-state index in [1.165, 1.54) is 36.3 Å². The lowest BCUT2D eigenvalue weighted by Crippen LogP contribution is -2.44. The highest BCUT2D eigenvalue weighted by Gasteiger charge is 2.33. The third-order valence-electron chi connectivity index (χ3n) is 6.11. The molecular weight excluding hydrogens is 401 g/mol. The van der Waals surface area contributed by atoms with Crippen LogP contribution in [0.15, 0.2) is 29.6 Å². The summed E-state index contributed by atoms with van der Waals surface area (Å²) in [7, 11) is 0. The second-order valence-corrected chi connectivity index (χ2v) is 9.12. The van der Waals surface area contributed by atoms with E-state index in [4.69, 9.17) is 10.00 Å². The first-order valence-corrected chi connectivity index (χ1v) is 11.4. The largest absolute Gasteiger partial charge is 0.488 e. The number of nitriles is 1. The lowest BCUT2D eigenvalue weighted by molar-refractivity contribution is 0.0692. The molecule has 1 aromatic heterocycles. The molecule has 0 saturated carbocycles. The van der Waals surface area contributed by atoms with E-state index in [0.29, 0.717) is 23.9 Å². The van der Waals surface area contributed by atoms with Crippen LogP contribution in [0.5, 0.6) is 5.75 Å². The van der Waals surface area contributed by atoms with Crippen LogP contribution in [0.4, 0.5) is 4.39 Å². The molecule has 0 N–H and O–H groups in total. The van der Waals surface area contributed by atoms with Gasteiger partial charge in [0.05, 0.1) is 11.1 Å². The lowest BCUT2D eigenvalue weighted by atomic mass is 10.1. The molecule has 0 radical (unpaired) electrons. The Morgan fingerprint density at radius 1 is 1.30 bits per heavy atom. The molecule has 2 aliphatic rings. The van der Waals surface area contributed by atoms with Crippen LogP contribution in [0, 0.1) is 17.1 Å². The van der Waals surface area contributed by atoms with Gasteiger partial charge in [-0.1, -0.05) is 0 Å². The van der Waals surface area contributed by atoms with Crippen LogP contribution < -0.4 is 4.74 Å². The lowest BCUT2D eigenvalue weighted by Gasteiger charge is -2.31. The Bertz CT molecular complexity index is 954. The van der Waals surface area contributed by atoms with Gasteiger partial charge in [0.15, 0.2) is 0 Å².